The fourth-order valence-electron chi connectivity index (χ4n) is 1.35. The van der Waals surface area contributed by atoms with Gasteiger partial charge in [0.2, 0.25) is 0 Å². The number of carbonyl (C=O) groups excluding carboxylic acids is 1. The van der Waals surface area contributed by atoms with Crippen molar-refractivity contribution in [3.05, 3.63) is 34.6 Å². The van der Waals surface area contributed by atoms with Gasteiger partial charge < -0.3 is 10.0 Å². The molecule has 0 spiro atoms. The number of benzene rings is 1. The highest BCUT2D eigenvalue weighted by Crippen LogP contribution is 2.18. The van der Waals surface area contributed by atoms with Crippen molar-refractivity contribution in [1.29, 1.82) is 0 Å². The number of rotatable bonds is 3. The van der Waals surface area contributed by atoms with Crippen LogP contribution in [0.4, 0.5) is 4.39 Å². The molecule has 0 aromatic heterocycles. The Morgan fingerprint density at radius 3 is 2.75 bits per heavy atom. The van der Waals surface area contributed by atoms with Gasteiger partial charge in [0, 0.05) is 13.6 Å². The average molecular weight is 246 g/mol. The maximum Gasteiger partial charge on any atom is 0.255 e. The largest absolute Gasteiger partial charge is 0.392 e. The molecule has 1 atom stereocenters. The van der Waals surface area contributed by atoms with E-state index in [1.807, 2.05) is 0 Å². The summed E-state index contributed by atoms with van der Waals surface area (Å²) in [6, 6.07) is 3.60. The number of likely N-dealkylation sites (N-methyl/N-ethyl adjacent to an activating group) is 1. The Labute approximate surface area is 98.4 Å². The summed E-state index contributed by atoms with van der Waals surface area (Å²) in [4.78, 5) is 13.2. The predicted molar refractivity (Wildman–Crippen MR) is 60.1 cm³/mol. The molecule has 0 fully saturated rings. The summed E-state index contributed by atoms with van der Waals surface area (Å²) in [5, 5.41) is 9.22. The van der Waals surface area contributed by atoms with Gasteiger partial charge in [0.25, 0.3) is 5.91 Å². The van der Waals surface area contributed by atoms with Crippen LogP contribution in [0.25, 0.3) is 0 Å². The van der Waals surface area contributed by atoms with Crippen LogP contribution in [-0.2, 0) is 0 Å². The van der Waals surface area contributed by atoms with Crippen molar-refractivity contribution in [1.82, 2.24) is 4.90 Å². The van der Waals surface area contributed by atoms with E-state index in [0.29, 0.717) is 0 Å². The first-order valence-electron chi connectivity index (χ1n) is 4.80. The van der Waals surface area contributed by atoms with Gasteiger partial charge in [-0.05, 0) is 25.1 Å². The highest BCUT2D eigenvalue weighted by molar-refractivity contribution is 6.33. The Balaban J connectivity index is 2.88. The van der Waals surface area contributed by atoms with Crippen LogP contribution in [0.3, 0.4) is 0 Å². The maximum absolute atomic E-state index is 12.8. The Kier molecular flexibility index (Phi) is 4.26. The molecular weight excluding hydrogens is 233 g/mol. The van der Waals surface area contributed by atoms with Gasteiger partial charge in [-0.1, -0.05) is 11.6 Å². The molecule has 1 N–H and O–H groups in total. The second-order valence-corrected chi connectivity index (χ2v) is 4.07. The van der Waals surface area contributed by atoms with Crippen molar-refractivity contribution in [3.8, 4) is 0 Å². The van der Waals surface area contributed by atoms with Crippen LogP contribution in [0.1, 0.15) is 17.3 Å². The molecule has 0 heterocycles. The highest BCUT2D eigenvalue weighted by atomic mass is 35.5. The highest BCUT2D eigenvalue weighted by Gasteiger charge is 2.16. The SMILES string of the molecule is CC(O)CN(C)C(=O)c1ccc(F)cc1Cl. The summed E-state index contributed by atoms with van der Waals surface area (Å²) in [7, 11) is 1.55. The topological polar surface area (TPSA) is 40.5 Å². The molecule has 0 radical (unpaired) electrons. The van der Waals surface area contributed by atoms with Gasteiger partial charge in [-0.15, -0.1) is 0 Å². The number of amides is 1. The molecule has 0 saturated carbocycles. The first kappa shape index (κ1) is 12.9. The molecular formula is C11H13ClFNO2. The monoisotopic (exact) mass is 245 g/mol. The van der Waals surface area contributed by atoms with Crippen LogP contribution in [0.2, 0.25) is 5.02 Å². The molecule has 0 saturated heterocycles. The van der Waals surface area contributed by atoms with Crippen molar-refractivity contribution in [2.45, 2.75) is 13.0 Å². The van der Waals surface area contributed by atoms with Crippen molar-refractivity contribution < 1.29 is 14.3 Å². The van der Waals surface area contributed by atoms with E-state index in [1.165, 1.54) is 17.0 Å². The first-order chi connectivity index (χ1) is 7.41. The summed E-state index contributed by atoms with van der Waals surface area (Å²) >= 11 is 5.76. The van der Waals surface area contributed by atoms with E-state index in [0.717, 1.165) is 6.07 Å². The van der Waals surface area contributed by atoms with E-state index in [9.17, 15) is 9.18 Å². The fraction of sp³-hybridized carbons (Fsp3) is 0.364. The van der Waals surface area contributed by atoms with Gasteiger partial charge in [0.05, 0.1) is 16.7 Å². The molecule has 16 heavy (non-hydrogen) atoms. The van der Waals surface area contributed by atoms with Crippen LogP contribution in [0.15, 0.2) is 18.2 Å². The van der Waals surface area contributed by atoms with Crippen LogP contribution in [0, 0.1) is 5.82 Å². The molecule has 1 unspecified atom stereocenters. The summed E-state index contributed by atoms with van der Waals surface area (Å²) in [6.07, 6.45) is -0.617. The Bertz CT molecular complexity index is 396. The van der Waals surface area contributed by atoms with Gasteiger partial charge in [-0.25, -0.2) is 4.39 Å². The molecule has 1 rings (SSSR count). The van der Waals surface area contributed by atoms with Crippen LogP contribution in [-0.4, -0.2) is 35.6 Å². The van der Waals surface area contributed by atoms with Crippen molar-refractivity contribution in [2.24, 2.45) is 0 Å². The lowest BCUT2D eigenvalue weighted by Crippen LogP contribution is -2.33. The third-order valence-corrected chi connectivity index (χ3v) is 2.36. The molecule has 3 nitrogen and oxygen atoms in total. The third kappa shape index (κ3) is 3.18. The number of aliphatic hydroxyl groups is 1. The number of hydrogen-bond donors (Lipinski definition) is 1. The van der Waals surface area contributed by atoms with Gasteiger partial charge >= 0.3 is 0 Å². The second-order valence-electron chi connectivity index (χ2n) is 3.66. The first-order valence-corrected chi connectivity index (χ1v) is 5.18. The zero-order valence-electron chi connectivity index (χ0n) is 9.08. The fourth-order valence-corrected chi connectivity index (χ4v) is 1.60. The minimum absolute atomic E-state index is 0.0717. The van der Waals surface area contributed by atoms with Crippen molar-refractivity contribution in [3.63, 3.8) is 0 Å². The Hall–Kier alpha value is -1.13. The van der Waals surface area contributed by atoms with E-state index in [2.05, 4.69) is 0 Å². The summed E-state index contributed by atoms with van der Waals surface area (Å²) in [6.45, 7) is 1.78. The van der Waals surface area contributed by atoms with E-state index in [-0.39, 0.29) is 23.0 Å². The second kappa shape index (κ2) is 5.27. The number of carbonyl (C=O) groups is 1. The standard InChI is InChI=1S/C11H13ClFNO2/c1-7(15)6-14(2)11(16)9-4-3-8(13)5-10(9)12/h3-5,7,15H,6H2,1-2H3. The average Bonchev–Trinajstić information content (AvgIpc) is 2.15. The molecule has 1 aromatic carbocycles. The lowest BCUT2D eigenvalue weighted by atomic mass is 10.2. The van der Waals surface area contributed by atoms with E-state index >= 15 is 0 Å². The minimum Gasteiger partial charge on any atom is -0.392 e. The van der Waals surface area contributed by atoms with E-state index < -0.39 is 11.9 Å². The van der Waals surface area contributed by atoms with Crippen molar-refractivity contribution >= 4 is 17.5 Å². The number of nitrogens with zero attached hydrogens (tertiary/aromatic N) is 1. The maximum atomic E-state index is 12.8. The van der Waals surface area contributed by atoms with Crippen LogP contribution in [0.5, 0.6) is 0 Å². The minimum atomic E-state index is -0.617. The number of aliphatic hydroxyl groups excluding tert-OH is 1. The smallest absolute Gasteiger partial charge is 0.255 e. The normalized spacial score (nSPS) is 12.3. The summed E-state index contributed by atoms with van der Waals surface area (Å²) in [5.41, 5.74) is 0.228. The zero-order chi connectivity index (χ0) is 12.3. The summed E-state index contributed by atoms with van der Waals surface area (Å²) < 4.78 is 12.8. The quantitative estimate of drug-likeness (QED) is 0.884. The van der Waals surface area contributed by atoms with Crippen LogP contribution >= 0.6 is 11.6 Å². The predicted octanol–water partition coefficient (Wildman–Crippen LogP) is 1.93. The molecule has 0 bridgehead atoms. The molecule has 1 amide bonds. The molecule has 0 aliphatic carbocycles. The van der Waals surface area contributed by atoms with Gasteiger partial charge in [0.15, 0.2) is 0 Å². The molecule has 88 valence electrons. The number of hydrogen-bond acceptors (Lipinski definition) is 2. The van der Waals surface area contributed by atoms with Crippen LogP contribution < -0.4 is 0 Å². The van der Waals surface area contributed by atoms with Gasteiger partial charge in [-0.3, -0.25) is 4.79 Å². The summed E-state index contributed by atoms with van der Waals surface area (Å²) in [5.74, 6) is -0.828. The van der Waals surface area contributed by atoms with Gasteiger partial charge in [-0.2, -0.15) is 0 Å². The zero-order valence-corrected chi connectivity index (χ0v) is 9.83. The molecule has 1 aromatic rings. The van der Waals surface area contributed by atoms with E-state index in [1.54, 1.807) is 14.0 Å². The van der Waals surface area contributed by atoms with Crippen molar-refractivity contribution in [2.75, 3.05) is 13.6 Å². The Morgan fingerprint density at radius 1 is 1.62 bits per heavy atom. The molecule has 0 aliphatic rings. The Morgan fingerprint density at radius 2 is 2.25 bits per heavy atom. The number of halogens is 2. The molecule has 0 aliphatic heterocycles. The lowest BCUT2D eigenvalue weighted by molar-refractivity contribution is 0.0704. The third-order valence-electron chi connectivity index (χ3n) is 2.05. The molecule has 5 heteroatoms. The van der Waals surface area contributed by atoms with Gasteiger partial charge in [0.1, 0.15) is 5.82 Å². The van der Waals surface area contributed by atoms with E-state index in [4.69, 9.17) is 16.7 Å². The lowest BCUT2D eigenvalue weighted by Gasteiger charge is -2.19.